The molecule has 80 valence electrons. The lowest BCUT2D eigenvalue weighted by Gasteiger charge is -2.00. The molecule has 0 atom stereocenters. The summed E-state index contributed by atoms with van der Waals surface area (Å²) in [5.74, 6) is -0.184. The maximum Gasteiger partial charge on any atom is 0.290 e. The number of hydrogen-bond acceptors (Lipinski definition) is 2. The van der Waals surface area contributed by atoms with Gasteiger partial charge in [-0.25, -0.2) is 0 Å². The highest BCUT2D eigenvalue weighted by molar-refractivity contribution is 14.1. The summed E-state index contributed by atoms with van der Waals surface area (Å²) in [7, 11) is 0. The molecule has 1 amide bonds. The maximum absolute atomic E-state index is 10.8. The molecule has 0 aliphatic carbocycles. The minimum absolute atomic E-state index is 0.184. The van der Waals surface area contributed by atoms with Gasteiger partial charge in [0.2, 0.25) is 5.91 Å². The Morgan fingerprint density at radius 2 is 1.87 bits per heavy atom. The Kier molecular flexibility index (Phi) is 7.25. The molecular formula is C10H10INO3. The summed E-state index contributed by atoms with van der Waals surface area (Å²) in [4.78, 5) is 19.2. The van der Waals surface area contributed by atoms with Crippen LogP contribution in [0.15, 0.2) is 36.9 Å². The normalized spacial score (nSPS) is 8.07. The van der Waals surface area contributed by atoms with Crippen LogP contribution >= 0.6 is 22.6 Å². The molecule has 0 aromatic heterocycles. The van der Waals surface area contributed by atoms with Crippen LogP contribution in [0.2, 0.25) is 0 Å². The van der Waals surface area contributed by atoms with E-state index in [0.29, 0.717) is 0 Å². The van der Waals surface area contributed by atoms with Gasteiger partial charge in [-0.05, 0) is 52.9 Å². The predicted molar refractivity (Wildman–Crippen MR) is 66.7 cm³/mol. The van der Waals surface area contributed by atoms with E-state index >= 15 is 0 Å². The average molecular weight is 319 g/mol. The summed E-state index contributed by atoms with van der Waals surface area (Å²) >= 11 is 2.21. The van der Waals surface area contributed by atoms with Crippen LogP contribution in [0.4, 0.5) is 5.69 Å². The van der Waals surface area contributed by atoms with Gasteiger partial charge in [-0.1, -0.05) is 6.58 Å². The molecule has 0 aliphatic rings. The minimum Gasteiger partial charge on any atom is -0.483 e. The van der Waals surface area contributed by atoms with Crippen molar-refractivity contribution in [3.8, 4) is 0 Å². The first-order valence-electron chi connectivity index (χ1n) is 3.91. The van der Waals surface area contributed by atoms with Crippen LogP contribution in [0.1, 0.15) is 0 Å². The number of nitrogens with one attached hydrogen (secondary N) is 1. The first-order valence-corrected chi connectivity index (χ1v) is 4.98. The second-order valence-electron chi connectivity index (χ2n) is 2.31. The van der Waals surface area contributed by atoms with Crippen molar-refractivity contribution in [2.75, 3.05) is 5.32 Å². The summed E-state index contributed by atoms with van der Waals surface area (Å²) in [5, 5.41) is 9.55. The fraction of sp³-hybridized carbons (Fsp3) is 0. The summed E-state index contributed by atoms with van der Waals surface area (Å²) in [6, 6.07) is 7.56. The third-order valence-corrected chi connectivity index (χ3v) is 2.02. The van der Waals surface area contributed by atoms with E-state index < -0.39 is 0 Å². The zero-order chi connectivity index (χ0) is 11.7. The Hall–Kier alpha value is -1.37. The highest BCUT2D eigenvalue weighted by Gasteiger charge is 1.94. The molecule has 0 fully saturated rings. The van der Waals surface area contributed by atoms with Gasteiger partial charge < -0.3 is 10.4 Å². The van der Waals surface area contributed by atoms with E-state index in [1.165, 1.54) is 6.08 Å². The third kappa shape index (κ3) is 6.67. The zero-order valence-electron chi connectivity index (χ0n) is 7.81. The van der Waals surface area contributed by atoms with E-state index in [2.05, 4.69) is 34.5 Å². The highest BCUT2D eigenvalue weighted by atomic mass is 127. The van der Waals surface area contributed by atoms with Crippen LogP contribution in [-0.4, -0.2) is 17.5 Å². The van der Waals surface area contributed by atoms with Crippen LogP contribution in [0.5, 0.6) is 0 Å². The first kappa shape index (κ1) is 13.6. The van der Waals surface area contributed by atoms with Crippen LogP contribution in [0.3, 0.4) is 0 Å². The van der Waals surface area contributed by atoms with E-state index in [1.807, 2.05) is 24.3 Å². The smallest absolute Gasteiger partial charge is 0.290 e. The fourth-order valence-corrected chi connectivity index (χ4v) is 1.09. The molecule has 1 rings (SSSR count). The number of carboxylic acid groups (broad SMARTS) is 1. The summed E-state index contributed by atoms with van der Waals surface area (Å²) < 4.78 is 1.14. The monoisotopic (exact) mass is 319 g/mol. The molecule has 1 aromatic carbocycles. The molecule has 0 heterocycles. The average Bonchev–Trinajstić information content (AvgIpc) is 2.22. The largest absolute Gasteiger partial charge is 0.483 e. The highest BCUT2D eigenvalue weighted by Crippen LogP contribution is 2.10. The number of rotatable bonds is 2. The number of benzene rings is 1. The third-order valence-electron chi connectivity index (χ3n) is 1.30. The molecule has 0 radical (unpaired) electrons. The Morgan fingerprint density at radius 3 is 2.27 bits per heavy atom. The molecule has 15 heavy (non-hydrogen) atoms. The molecule has 1 aromatic rings. The van der Waals surface area contributed by atoms with Crippen molar-refractivity contribution < 1.29 is 14.7 Å². The second-order valence-corrected chi connectivity index (χ2v) is 3.55. The molecular weight excluding hydrogens is 309 g/mol. The molecule has 0 saturated heterocycles. The number of hydrogen-bond donors (Lipinski definition) is 2. The van der Waals surface area contributed by atoms with Crippen LogP contribution < -0.4 is 5.32 Å². The second kappa shape index (κ2) is 7.98. The lowest BCUT2D eigenvalue weighted by molar-refractivity contribution is -0.122. The molecule has 0 saturated carbocycles. The van der Waals surface area contributed by atoms with Gasteiger partial charge in [0.1, 0.15) is 0 Å². The predicted octanol–water partition coefficient (Wildman–Crippen LogP) is 2.12. The number of halogens is 1. The number of carbonyl (C=O) groups is 2. The Labute approximate surface area is 101 Å². The quantitative estimate of drug-likeness (QED) is 0.498. The topological polar surface area (TPSA) is 66.4 Å². The van der Waals surface area contributed by atoms with Gasteiger partial charge in [-0.3, -0.25) is 9.59 Å². The van der Waals surface area contributed by atoms with Crippen molar-refractivity contribution in [1.82, 2.24) is 0 Å². The van der Waals surface area contributed by atoms with Crippen molar-refractivity contribution >= 4 is 40.7 Å². The van der Waals surface area contributed by atoms with Gasteiger partial charge in [0, 0.05) is 9.26 Å². The lowest BCUT2D eigenvalue weighted by atomic mass is 10.3. The molecule has 5 heteroatoms. The van der Waals surface area contributed by atoms with Crippen LogP contribution in [0.25, 0.3) is 0 Å². The Morgan fingerprint density at radius 1 is 1.40 bits per heavy atom. The first-order chi connectivity index (χ1) is 7.13. The minimum atomic E-state index is -0.250. The number of amides is 1. The summed E-state index contributed by atoms with van der Waals surface area (Å²) in [6.07, 6.45) is 1.25. The summed E-state index contributed by atoms with van der Waals surface area (Å²) in [5.41, 5.74) is 0.792. The molecule has 4 nitrogen and oxygen atoms in total. The Balaban J connectivity index is 0.000000583. The Bertz CT molecular complexity index is 335. The number of anilines is 1. The fourth-order valence-electron chi connectivity index (χ4n) is 0.727. The van der Waals surface area contributed by atoms with E-state index in [9.17, 15) is 4.79 Å². The van der Waals surface area contributed by atoms with Crippen LogP contribution in [-0.2, 0) is 9.59 Å². The van der Waals surface area contributed by atoms with Crippen LogP contribution in [0, 0.1) is 3.57 Å². The van der Waals surface area contributed by atoms with E-state index in [-0.39, 0.29) is 12.4 Å². The molecule has 0 aliphatic heterocycles. The summed E-state index contributed by atoms with van der Waals surface area (Å²) in [6.45, 7) is 3.11. The molecule has 0 unspecified atom stereocenters. The van der Waals surface area contributed by atoms with Crippen molar-refractivity contribution in [3.63, 3.8) is 0 Å². The van der Waals surface area contributed by atoms with Crippen molar-refractivity contribution in [3.05, 3.63) is 40.5 Å². The SMILES string of the molecule is C=CC(=O)Nc1ccc(I)cc1.O=CO. The van der Waals surface area contributed by atoms with E-state index in [0.717, 1.165) is 9.26 Å². The van der Waals surface area contributed by atoms with Gasteiger partial charge in [0.15, 0.2) is 0 Å². The maximum atomic E-state index is 10.8. The van der Waals surface area contributed by atoms with Crippen molar-refractivity contribution in [2.24, 2.45) is 0 Å². The van der Waals surface area contributed by atoms with Gasteiger partial charge in [0.25, 0.3) is 6.47 Å². The molecule has 2 N–H and O–H groups in total. The van der Waals surface area contributed by atoms with Gasteiger partial charge >= 0.3 is 0 Å². The van der Waals surface area contributed by atoms with Crippen molar-refractivity contribution in [1.29, 1.82) is 0 Å². The lowest BCUT2D eigenvalue weighted by Crippen LogP contribution is -2.06. The van der Waals surface area contributed by atoms with Gasteiger partial charge in [-0.2, -0.15) is 0 Å². The standard InChI is InChI=1S/C9H8INO.CH2O2/c1-2-9(12)11-8-5-3-7(10)4-6-8;2-1-3/h2-6H,1H2,(H,11,12);1H,(H,2,3). The molecule has 0 bridgehead atoms. The van der Waals surface area contributed by atoms with E-state index in [4.69, 9.17) is 9.90 Å². The number of carbonyl (C=O) groups excluding carboxylic acids is 1. The van der Waals surface area contributed by atoms with Crippen molar-refractivity contribution in [2.45, 2.75) is 0 Å². The molecule has 0 spiro atoms. The van der Waals surface area contributed by atoms with Gasteiger partial charge in [-0.15, -0.1) is 0 Å². The van der Waals surface area contributed by atoms with Gasteiger partial charge in [0.05, 0.1) is 0 Å². The van der Waals surface area contributed by atoms with E-state index in [1.54, 1.807) is 0 Å². The zero-order valence-corrected chi connectivity index (χ0v) is 9.97.